The SMILES string of the molecule is COc1cncc([C@@H](NC(=O)Cn2ccccc2=O)C2CC(O)C2)c1. The summed E-state index contributed by atoms with van der Waals surface area (Å²) in [5.74, 6) is 0.471. The third kappa shape index (κ3) is 4.06. The van der Waals surface area contributed by atoms with Crippen LogP contribution in [0.2, 0.25) is 0 Å². The molecule has 1 aliphatic rings. The van der Waals surface area contributed by atoms with Crippen molar-refractivity contribution in [2.75, 3.05) is 7.11 Å². The van der Waals surface area contributed by atoms with Crippen LogP contribution in [0.5, 0.6) is 5.75 Å². The second-order valence-corrected chi connectivity index (χ2v) is 6.26. The first-order valence-electron chi connectivity index (χ1n) is 8.18. The largest absolute Gasteiger partial charge is 0.495 e. The number of rotatable bonds is 6. The van der Waals surface area contributed by atoms with Crippen molar-refractivity contribution in [2.45, 2.75) is 31.5 Å². The number of hydrogen-bond acceptors (Lipinski definition) is 5. The molecule has 3 rings (SSSR count). The normalized spacial score (nSPS) is 20.4. The van der Waals surface area contributed by atoms with Crippen LogP contribution in [0.3, 0.4) is 0 Å². The molecular formula is C18H21N3O4. The minimum Gasteiger partial charge on any atom is -0.495 e. The molecule has 1 amide bonds. The topological polar surface area (TPSA) is 93.5 Å². The fraction of sp³-hybridized carbons (Fsp3) is 0.389. The molecule has 0 spiro atoms. The molecule has 0 saturated heterocycles. The van der Waals surface area contributed by atoms with Gasteiger partial charge in [-0.2, -0.15) is 0 Å². The molecule has 2 N–H and O–H groups in total. The molecule has 132 valence electrons. The molecule has 25 heavy (non-hydrogen) atoms. The molecule has 0 aromatic carbocycles. The lowest BCUT2D eigenvalue weighted by Crippen LogP contribution is -2.43. The third-order valence-corrected chi connectivity index (χ3v) is 4.48. The number of nitrogens with one attached hydrogen (secondary N) is 1. The number of hydrogen-bond donors (Lipinski definition) is 2. The Balaban J connectivity index is 1.76. The Kier molecular flexibility index (Phi) is 5.14. The summed E-state index contributed by atoms with van der Waals surface area (Å²) in [5.41, 5.74) is 0.598. The van der Waals surface area contributed by atoms with E-state index in [4.69, 9.17) is 4.74 Å². The lowest BCUT2D eigenvalue weighted by molar-refractivity contribution is -0.123. The van der Waals surface area contributed by atoms with Crippen LogP contribution in [0.1, 0.15) is 24.4 Å². The highest BCUT2D eigenvalue weighted by atomic mass is 16.5. The molecule has 1 saturated carbocycles. The summed E-state index contributed by atoms with van der Waals surface area (Å²) in [7, 11) is 1.56. The summed E-state index contributed by atoms with van der Waals surface area (Å²) in [6.07, 6.45) is 5.77. The maximum absolute atomic E-state index is 12.4. The summed E-state index contributed by atoms with van der Waals surface area (Å²) < 4.78 is 6.56. The monoisotopic (exact) mass is 343 g/mol. The maximum atomic E-state index is 12.4. The summed E-state index contributed by atoms with van der Waals surface area (Å²) in [6, 6.07) is 6.31. The van der Waals surface area contributed by atoms with Crippen molar-refractivity contribution in [2.24, 2.45) is 5.92 Å². The van der Waals surface area contributed by atoms with Crippen LogP contribution in [-0.2, 0) is 11.3 Å². The molecule has 0 bridgehead atoms. The van der Waals surface area contributed by atoms with Crippen molar-refractivity contribution < 1.29 is 14.6 Å². The smallest absolute Gasteiger partial charge is 0.250 e. The predicted octanol–water partition coefficient (Wildman–Crippen LogP) is 0.880. The van der Waals surface area contributed by atoms with Gasteiger partial charge in [0, 0.05) is 18.5 Å². The highest BCUT2D eigenvalue weighted by Crippen LogP contribution is 2.38. The lowest BCUT2D eigenvalue weighted by atomic mass is 9.75. The quantitative estimate of drug-likeness (QED) is 0.812. The van der Waals surface area contributed by atoms with E-state index in [-0.39, 0.29) is 36.1 Å². The van der Waals surface area contributed by atoms with Gasteiger partial charge in [-0.25, -0.2) is 0 Å². The zero-order valence-electron chi connectivity index (χ0n) is 14.0. The van der Waals surface area contributed by atoms with Gasteiger partial charge in [0.15, 0.2) is 0 Å². The van der Waals surface area contributed by atoms with Gasteiger partial charge in [0.2, 0.25) is 5.91 Å². The first-order chi connectivity index (χ1) is 12.1. The highest BCUT2D eigenvalue weighted by molar-refractivity contribution is 5.76. The molecular weight excluding hydrogens is 322 g/mol. The van der Waals surface area contributed by atoms with Crippen LogP contribution in [0, 0.1) is 5.92 Å². The van der Waals surface area contributed by atoms with E-state index in [2.05, 4.69) is 10.3 Å². The number of aliphatic hydroxyl groups excluding tert-OH is 1. The van der Waals surface area contributed by atoms with Crippen molar-refractivity contribution >= 4 is 5.91 Å². The summed E-state index contributed by atoms with van der Waals surface area (Å²) >= 11 is 0. The fourth-order valence-electron chi connectivity index (χ4n) is 3.06. The number of ether oxygens (including phenoxy) is 1. The summed E-state index contributed by atoms with van der Waals surface area (Å²) in [5, 5.41) is 12.6. The Morgan fingerprint density at radius 3 is 2.92 bits per heavy atom. The summed E-state index contributed by atoms with van der Waals surface area (Å²) in [6.45, 7) is -0.0527. The first-order valence-corrected chi connectivity index (χ1v) is 8.18. The van der Waals surface area contributed by atoms with E-state index in [1.54, 1.807) is 37.8 Å². The Morgan fingerprint density at radius 2 is 2.24 bits per heavy atom. The molecule has 0 aliphatic heterocycles. The first kappa shape index (κ1) is 17.2. The zero-order chi connectivity index (χ0) is 17.8. The molecule has 2 aromatic heterocycles. The van der Waals surface area contributed by atoms with Gasteiger partial charge in [-0.15, -0.1) is 0 Å². The van der Waals surface area contributed by atoms with Crippen LogP contribution in [-0.4, -0.2) is 33.8 Å². The van der Waals surface area contributed by atoms with Gasteiger partial charge >= 0.3 is 0 Å². The molecule has 2 aromatic rings. The van der Waals surface area contributed by atoms with E-state index in [9.17, 15) is 14.7 Å². The number of carbonyl (C=O) groups is 1. The highest BCUT2D eigenvalue weighted by Gasteiger charge is 2.36. The van der Waals surface area contributed by atoms with Crippen molar-refractivity contribution in [1.82, 2.24) is 14.9 Å². The lowest BCUT2D eigenvalue weighted by Gasteiger charge is -2.38. The fourth-order valence-corrected chi connectivity index (χ4v) is 3.06. The standard InChI is InChI=1S/C18H21N3O4/c1-25-15-8-13(9-19-10-15)18(12-6-14(22)7-12)20-16(23)11-21-5-3-2-4-17(21)24/h2-5,8-10,12,14,18,22H,6-7,11H2,1H3,(H,20,23)/t12?,14?,18-/m0/s1. The van der Waals surface area contributed by atoms with Crippen molar-refractivity contribution in [3.8, 4) is 5.75 Å². The van der Waals surface area contributed by atoms with Gasteiger partial charge in [0.1, 0.15) is 12.3 Å². The number of methoxy groups -OCH3 is 1. The van der Waals surface area contributed by atoms with Crippen molar-refractivity contribution in [3.63, 3.8) is 0 Å². The molecule has 1 aliphatic carbocycles. The van der Waals surface area contributed by atoms with Gasteiger partial charge < -0.3 is 19.7 Å². The number of nitrogens with zero attached hydrogens (tertiary/aromatic N) is 2. The third-order valence-electron chi connectivity index (χ3n) is 4.48. The Labute approximate surface area is 145 Å². The van der Waals surface area contributed by atoms with Crippen LogP contribution in [0.15, 0.2) is 47.7 Å². The molecule has 1 fully saturated rings. The predicted molar refractivity (Wildman–Crippen MR) is 91.1 cm³/mol. The molecule has 0 radical (unpaired) electrons. The van der Waals surface area contributed by atoms with Crippen molar-refractivity contribution in [1.29, 1.82) is 0 Å². The maximum Gasteiger partial charge on any atom is 0.250 e. The van der Waals surface area contributed by atoms with E-state index in [1.165, 1.54) is 10.6 Å². The van der Waals surface area contributed by atoms with Gasteiger partial charge in [0.25, 0.3) is 5.56 Å². The van der Waals surface area contributed by atoms with Gasteiger partial charge in [-0.3, -0.25) is 14.6 Å². The number of aliphatic hydroxyl groups is 1. The average molecular weight is 343 g/mol. The zero-order valence-corrected chi connectivity index (χ0v) is 14.0. The second-order valence-electron chi connectivity index (χ2n) is 6.26. The van der Waals surface area contributed by atoms with E-state index >= 15 is 0 Å². The Hall–Kier alpha value is -2.67. The summed E-state index contributed by atoms with van der Waals surface area (Å²) in [4.78, 5) is 28.4. The average Bonchev–Trinajstić information content (AvgIpc) is 2.59. The van der Waals surface area contributed by atoms with Gasteiger partial charge in [0.05, 0.1) is 25.5 Å². The minimum atomic E-state index is -0.334. The van der Waals surface area contributed by atoms with Crippen LogP contribution >= 0.6 is 0 Å². The van der Waals surface area contributed by atoms with E-state index in [0.29, 0.717) is 18.6 Å². The van der Waals surface area contributed by atoms with Crippen LogP contribution in [0.25, 0.3) is 0 Å². The number of amides is 1. The van der Waals surface area contributed by atoms with Crippen LogP contribution in [0.4, 0.5) is 0 Å². The van der Waals surface area contributed by atoms with Gasteiger partial charge in [-0.1, -0.05) is 6.07 Å². The Morgan fingerprint density at radius 1 is 1.44 bits per heavy atom. The number of aromatic nitrogens is 2. The molecule has 7 nitrogen and oxygen atoms in total. The minimum absolute atomic E-state index is 0.0527. The van der Waals surface area contributed by atoms with Crippen molar-refractivity contribution in [3.05, 3.63) is 58.8 Å². The van der Waals surface area contributed by atoms with E-state index in [0.717, 1.165) is 5.56 Å². The molecule has 7 heteroatoms. The van der Waals surface area contributed by atoms with Gasteiger partial charge in [-0.05, 0) is 36.5 Å². The number of pyridine rings is 2. The molecule has 0 unspecified atom stereocenters. The molecule has 1 atom stereocenters. The number of carbonyl (C=O) groups excluding carboxylic acids is 1. The Bertz CT molecular complexity index is 799. The van der Waals surface area contributed by atoms with Crippen LogP contribution < -0.4 is 15.6 Å². The second kappa shape index (κ2) is 7.48. The van der Waals surface area contributed by atoms with E-state index < -0.39 is 0 Å². The molecule has 2 heterocycles. The van der Waals surface area contributed by atoms with E-state index in [1.807, 2.05) is 6.07 Å².